The van der Waals surface area contributed by atoms with E-state index in [0.29, 0.717) is 6.54 Å². The number of ether oxygens (including phenoxy) is 1. The average Bonchev–Trinajstić information content (AvgIpc) is 2.88. The van der Waals surface area contributed by atoms with E-state index in [1.807, 2.05) is 0 Å². The van der Waals surface area contributed by atoms with Crippen LogP contribution in [-0.4, -0.2) is 84.9 Å². The monoisotopic (exact) mass is 379 g/mol. The van der Waals surface area contributed by atoms with Crippen molar-refractivity contribution < 1.29 is 19.1 Å². The minimum atomic E-state index is -0.462. The standard InChI is InChI=1S/C20H33N3O4/c1-14(2)20(26)27-15(12-22-10-8-21(3)9-11-22)13-23-18(24)16-6-4-5-7-17(16)19(23)25/h14-17H,4-13H2,1-3H3. The molecule has 0 aromatic carbocycles. The minimum absolute atomic E-state index is 0.0614. The molecular formula is C20H33N3O4. The van der Waals surface area contributed by atoms with Crippen molar-refractivity contribution in [2.45, 2.75) is 45.6 Å². The van der Waals surface area contributed by atoms with Crippen molar-refractivity contribution in [3.05, 3.63) is 0 Å². The van der Waals surface area contributed by atoms with Crippen molar-refractivity contribution in [3.8, 4) is 0 Å². The average molecular weight is 380 g/mol. The van der Waals surface area contributed by atoms with Crippen molar-refractivity contribution in [1.29, 1.82) is 0 Å². The fourth-order valence-corrected chi connectivity index (χ4v) is 4.37. The molecule has 27 heavy (non-hydrogen) atoms. The Bertz CT molecular complexity index is 548. The number of piperazine rings is 1. The van der Waals surface area contributed by atoms with Crippen LogP contribution in [0.25, 0.3) is 0 Å². The molecular weight excluding hydrogens is 346 g/mol. The third-order valence-corrected chi connectivity index (χ3v) is 6.13. The fraction of sp³-hybridized carbons (Fsp3) is 0.850. The Morgan fingerprint density at radius 2 is 1.56 bits per heavy atom. The molecule has 0 spiro atoms. The van der Waals surface area contributed by atoms with Gasteiger partial charge < -0.3 is 9.64 Å². The highest BCUT2D eigenvalue weighted by Crippen LogP contribution is 2.38. The Kier molecular flexibility index (Phi) is 6.52. The van der Waals surface area contributed by atoms with Crippen LogP contribution in [0.3, 0.4) is 0 Å². The Balaban J connectivity index is 1.67. The molecule has 3 fully saturated rings. The number of likely N-dealkylation sites (tertiary alicyclic amines) is 1. The van der Waals surface area contributed by atoms with E-state index in [-0.39, 0.29) is 42.1 Å². The molecule has 0 aromatic heterocycles. The molecule has 1 aliphatic carbocycles. The van der Waals surface area contributed by atoms with Gasteiger partial charge in [0.05, 0.1) is 24.3 Å². The normalized spacial score (nSPS) is 28.5. The number of carbonyl (C=O) groups is 3. The molecule has 0 aromatic rings. The molecule has 0 bridgehead atoms. The van der Waals surface area contributed by atoms with Crippen LogP contribution in [0.1, 0.15) is 39.5 Å². The second-order valence-electron chi connectivity index (χ2n) is 8.60. The highest BCUT2D eigenvalue weighted by atomic mass is 16.5. The highest BCUT2D eigenvalue weighted by molar-refractivity contribution is 6.05. The molecule has 7 nitrogen and oxygen atoms in total. The Hall–Kier alpha value is -1.47. The number of likely N-dealkylation sites (N-methyl/N-ethyl adjacent to an activating group) is 1. The molecule has 0 radical (unpaired) electrons. The lowest BCUT2D eigenvalue weighted by Crippen LogP contribution is -2.50. The summed E-state index contributed by atoms with van der Waals surface area (Å²) in [5.74, 6) is -0.937. The molecule has 3 atom stereocenters. The third-order valence-electron chi connectivity index (χ3n) is 6.13. The van der Waals surface area contributed by atoms with E-state index in [9.17, 15) is 14.4 Å². The number of hydrogen-bond donors (Lipinski definition) is 0. The smallest absolute Gasteiger partial charge is 0.308 e. The number of rotatable bonds is 6. The van der Waals surface area contributed by atoms with Gasteiger partial charge in [0, 0.05) is 32.7 Å². The topological polar surface area (TPSA) is 70.2 Å². The summed E-state index contributed by atoms with van der Waals surface area (Å²) < 4.78 is 5.71. The summed E-state index contributed by atoms with van der Waals surface area (Å²) in [7, 11) is 2.09. The van der Waals surface area contributed by atoms with E-state index >= 15 is 0 Å². The van der Waals surface area contributed by atoms with Gasteiger partial charge in [-0.3, -0.25) is 24.2 Å². The number of amides is 2. The zero-order valence-electron chi connectivity index (χ0n) is 16.9. The summed E-state index contributed by atoms with van der Waals surface area (Å²) in [5, 5.41) is 0. The zero-order valence-corrected chi connectivity index (χ0v) is 16.9. The molecule has 2 heterocycles. The largest absolute Gasteiger partial charge is 0.459 e. The van der Waals surface area contributed by atoms with E-state index < -0.39 is 6.10 Å². The fourth-order valence-electron chi connectivity index (χ4n) is 4.37. The van der Waals surface area contributed by atoms with Crippen molar-refractivity contribution in [2.24, 2.45) is 17.8 Å². The van der Waals surface area contributed by atoms with Crippen LogP contribution in [0.5, 0.6) is 0 Å². The number of imide groups is 1. The number of esters is 1. The number of fused-ring (bicyclic) bond motifs is 1. The maximum atomic E-state index is 12.8. The summed E-state index contributed by atoms with van der Waals surface area (Å²) in [6.07, 6.45) is 3.18. The second kappa shape index (κ2) is 8.69. The van der Waals surface area contributed by atoms with E-state index in [4.69, 9.17) is 4.74 Å². The van der Waals surface area contributed by atoms with Crippen LogP contribution in [-0.2, 0) is 19.1 Å². The first kappa shape index (κ1) is 20.3. The summed E-state index contributed by atoms with van der Waals surface area (Å²) in [4.78, 5) is 43.7. The van der Waals surface area contributed by atoms with Gasteiger partial charge in [0.1, 0.15) is 6.10 Å². The summed E-state index contributed by atoms with van der Waals surface area (Å²) in [5.41, 5.74) is 0. The molecule has 3 rings (SSSR count). The van der Waals surface area contributed by atoms with Crippen LogP contribution < -0.4 is 0 Å². The SMILES string of the molecule is CC(C)C(=O)OC(CN1CCN(C)CC1)CN1C(=O)C2CCCCC2C1=O. The van der Waals surface area contributed by atoms with Gasteiger partial charge >= 0.3 is 5.97 Å². The summed E-state index contributed by atoms with van der Waals surface area (Å²) in [6.45, 7) is 8.10. The first-order valence-corrected chi connectivity index (χ1v) is 10.3. The van der Waals surface area contributed by atoms with Gasteiger partial charge in [-0.1, -0.05) is 26.7 Å². The molecule has 2 saturated heterocycles. The minimum Gasteiger partial charge on any atom is -0.459 e. The molecule has 7 heteroatoms. The predicted molar refractivity (Wildman–Crippen MR) is 101 cm³/mol. The number of carbonyl (C=O) groups excluding carboxylic acids is 3. The first-order valence-electron chi connectivity index (χ1n) is 10.3. The van der Waals surface area contributed by atoms with Crippen LogP contribution in [0, 0.1) is 17.8 Å². The molecule has 2 amide bonds. The van der Waals surface area contributed by atoms with Crippen LogP contribution in [0.15, 0.2) is 0 Å². The van der Waals surface area contributed by atoms with Gasteiger partial charge in [-0.05, 0) is 19.9 Å². The van der Waals surface area contributed by atoms with Crippen LogP contribution in [0.2, 0.25) is 0 Å². The highest BCUT2D eigenvalue weighted by Gasteiger charge is 2.48. The Labute approximate surface area is 162 Å². The summed E-state index contributed by atoms with van der Waals surface area (Å²) in [6, 6.07) is 0. The lowest BCUT2D eigenvalue weighted by atomic mass is 9.81. The quantitative estimate of drug-likeness (QED) is 0.506. The van der Waals surface area contributed by atoms with E-state index in [1.54, 1.807) is 13.8 Å². The van der Waals surface area contributed by atoms with Gasteiger partial charge in [0.25, 0.3) is 0 Å². The maximum Gasteiger partial charge on any atom is 0.308 e. The zero-order chi connectivity index (χ0) is 19.6. The lowest BCUT2D eigenvalue weighted by molar-refractivity contribution is -0.158. The van der Waals surface area contributed by atoms with Gasteiger partial charge in [-0.2, -0.15) is 0 Å². The van der Waals surface area contributed by atoms with E-state index in [1.165, 1.54) is 4.90 Å². The molecule has 3 unspecified atom stereocenters. The predicted octanol–water partition coefficient (Wildman–Crippen LogP) is 0.977. The van der Waals surface area contributed by atoms with Gasteiger partial charge in [0.2, 0.25) is 11.8 Å². The van der Waals surface area contributed by atoms with Crippen molar-refractivity contribution >= 4 is 17.8 Å². The first-order chi connectivity index (χ1) is 12.9. The van der Waals surface area contributed by atoms with Crippen LogP contribution >= 0.6 is 0 Å². The van der Waals surface area contributed by atoms with Crippen molar-refractivity contribution in [3.63, 3.8) is 0 Å². The van der Waals surface area contributed by atoms with Gasteiger partial charge in [-0.15, -0.1) is 0 Å². The molecule has 152 valence electrons. The Morgan fingerprint density at radius 1 is 1.00 bits per heavy atom. The maximum absolute atomic E-state index is 12.8. The number of hydrogen-bond acceptors (Lipinski definition) is 6. The van der Waals surface area contributed by atoms with Crippen LogP contribution in [0.4, 0.5) is 0 Å². The van der Waals surface area contributed by atoms with E-state index in [2.05, 4.69) is 16.8 Å². The summed E-state index contributed by atoms with van der Waals surface area (Å²) >= 11 is 0. The Morgan fingerprint density at radius 3 is 2.07 bits per heavy atom. The molecule has 0 N–H and O–H groups in total. The van der Waals surface area contributed by atoms with E-state index in [0.717, 1.165) is 51.9 Å². The third kappa shape index (κ3) is 4.69. The molecule has 3 aliphatic rings. The van der Waals surface area contributed by atoms with Gasteiger partial charge in [-0.25, -0.2) is 0 Å². The second-order valence-corrected chi connectivity index (χ2v) is 8.60. The van der Waals surface area contributed by atoms with Gasteiger partial charge in [0.15, 0.2) is 0 Å². The molecule has 1 saturated carbocycles. The van der Waals surface area contributed by atoms with Crippen molar-refractivity contribution in [2.75, 3.05) is 46.3 Å². The molecule has 2 aliphatic heterocycles. The number of nitrogens with zero attached hydrogens (tertiary/aromatic N) is 3. The van der Waals surface area contributed by atoms with Crippen molar-refractivity contribution in [1.82, 2.24) is 14.7 Å². The lowest BCUT2D eigenvalue weighted by Gasteiger charge is -2.35.